The Balaban J connectivity index is 1.38. The minimum absolute atomic E-state index is 0.774. The molecule has 5 rings (SSSR count). The Morgan fingerprint density at radius 3 is 2.80 bits per heavy atom. The molecule has 0 bridgehead atoms. The highest BCUT2D eigenvalue weighted by Gasteiger charge is 2.08. The first-order valence-electron chi connectivity index (χ1n) is 9.54. The van der Waals surface area contributed by atoms with Crippen molar-refractivity contribution in [3.05, 3.63) is 99.6 Å². The Morgan fingerprint density at radius 1 is 1.00 bits per heavy atom. The number of fused-ring (bicyclic) bond motifs is 1. The van der Waals surface area contributed by atoms with Crippen molar-refractivity contribution in [3.8, 4) is 0 Å². The summed E-state index contributed by atoms with van der Waals surface area (Å²) < 4.78 is 1.19. The van der Waals surface area contributed by atoms with Gasteiger partial charge in [-0.1, -0.05) is 36.4 Å². The highest BCUT2D eigenvalue weighted by atomic mass is 32.1. The van der Waals surface area contributed by atoms with Gasteiger partial charge in [0.15, 0.2) is 0 Å². The zero-order valence-electron chi connectivity index (χ0n) is 16.0. The van der Waals surface area contributed by atoms with Crippen LogP contribution in [0.15, 0.2) is 77.9 Å². The van der Waals surface area contributed by atoms with Gasteiger partial charge in [0.05, 0.1) is 15.2 Å². The van der Waals surface area contributed by atoms with Crippen LogP contribution < -0.4 is 5.32 Å². The largest absolute Gasteiger partial charge is 0.340 e. The molecule has 5 aromatic rings. The lowest BCUT2D eigenvalue weighted by Crippen LogP contribution is -1.97. The Labute approximate surface area is 182 Å². The van der Waals surface area contributed by atoms with Gasteiger partial charge in [-0.25, -0.2) is 15.0 Å². The molecule has 0 atom stereocenters. The molecule has 0 unspecified atom stereocenters. The second-order valence-electron chi connectivity index (χ2n) is 6.79. The van der Waals surface area contributed by atoms with E-state index in [1.807, 2.05) is 18.3 Å². The summed E-state index contributed by atoms with van der Waals surface area (Å²) >= 11 is 3.42. The Hall–Kier alpha value is -3.35. The maximum absolute atomic E-state index is 4.84. The number of hydrogen-bond donors (Lipinski definition) is 1. The molecule has 0 saturated carbocycles. The van der Waals surface area contributed by atoms with E-state index in [0.717, 1.165) is 34.0 Å². The average molecular weight is 427 g/mol. The van der Waals surface area contributed by atoms with Gasteiger partial charge in [-0.3, -0.25) is 0 Å². The average Bonchev–Trinajstić information content (AvgIpc) is 3.43. The molecule has 0 radical (unpaired) electrons. The summed E-state index contributed by atoms with van der Waals surface area (Å²) in [6.07, 6.45) is 8.33. The Kier molecular flexibility index (Phi) is 5.33. The van der Waals surface area contributed by atoms with Crippen LogP contribution in [0.25, 0.3) is 22.4 Å². The zero-order chi connectivity index (χ0) is 20.2. The van der Waals surface area contributed by atoms with E-state index in [2.05, 4.69) is 80.7 Å². The molecule has 1 N–H and O–H groups in total. The number of nitrogens with one attached hydrogen (secondary N) is 1. The topological polar surface area (TPSA) is 50.7 Å². The molecular formula is C24H18N4S2. The summed E-state index contributed by atoms with van der Waals surface area (Å²) in [5.74, 6) is 0.774. The van der Waals surface area contributed by atoms with E-state index >= 15 is 0 Å². The van der Waals surface area contributed by atoms with E-state index in [9.17, 15) is 0 Å². The summed E-state index contributed by atoms with van der Waals surface area (Å²) in [5, 5.41) is 8.71. The van der Waals surface area contributed by atoms with Crippen LogP contribution in [-0.4, -0.2) is 15.0 Å². The quantitative estimate of drug-likeness (QED) is 0.330. The first-order valence-corrected chi connectivity index (χ1v) is 11.3. The third-order valence-corrected chi connectivity index (χ3v) is 6.37. The molecule has 6 heteroatoms. The molecule has 3 aromatic heterocycles. The van der Waals surface area contributed by atoms with Gasteiger partial charge in [-0.2, -0.15) is 11.3 Å². The van der Waals surface area contributed by atoms with E-state index < -0.39 is 0 Å². The van der Waals surface area contributed by atoms with Crippen LogP contribution in [0.5, 0.6) is 0 Å². The van der Waals surface area contributed by atoms with Gasteiger partial charge in [0.1, 0.15) is 12.1 Å². The molecule has 0 aliphatic heterocycles. The monoisotopic (exact) mass is 426 g/mol. The SMILES string of the molecule is C(=Cc1cncnc1Nc1ccc2sc(Cc3ccccc3)nc2c1)c1ccsc1. The smallest absolute Gasteiger partial charge is 0.141 e. The lowest BCUT2D eigenvalue weighted by atomic mass is 10.2. The van der Waals surface area contributed by atoms with Crippen LogP contribution in [0.3, 0.4) is 0 Å². The first kappa shape index (κ1) is 18.7. The maximum Gasteiger partial charge on any atom is 0.141 e. The van der Waals surface area contributed by atoms with Gasteiger partial charge in [-0.05, 0) is 52.2 Å². The van der Waals surface area contributed by atoms with Gasteiger partial charge in [-0.15, -0.1) is 11.3 Å². The molecule has 0 amide bonds. The van der Waals surface area contributed by atoms with E-state index in [1.165, 1.54) is 15.8 Å². The maximum atomic E-state index is 4.84. The van der Waals surface area contributed by atoms with Crippen molar-refractivity contribution >= 4 is 56.5 Å². The summed E-state index contributed by atoms with van der Waals surface area (Å²) in [5.41, 5.74) is 5.35. The van der Waals surface area contributed by atoms with Crippen molar-refractivity contribution in [1.29, 1.82) is 0 Å². The summed E-state index contributed by atoms with van der Waals surface area (Å²) in [7, 11) is 0. The molecule has 0 spiro atoms. The third kappa shape index (κ3) is 4.30. The number of benzene rings is 2. The zero-order valence-corrected chi connectivity index (χ0v) is 17.7. The van der Waals surface area contributed by atoms with Gasteiger partial charge in [0, 0.05) is 23.9 Å². The van der Waals surface area contributed by atoms with Crippen LogP contribution in [0.2, 0.25) is 0 Å². The Morgan fingerprint density at radius 2 is 1.93 bits per heavy atom. The van der Waals surface area contributed by atoms with Crippen LogP contribution >= 0.6 is 22.7 Å². The molecule has 0 fully saturated rings. The second-order valence-corrected chi connectivity index (χ2v) is 8.69. The molecule has 146 valence electrons. The third-order valence-electron chi connectivity index (χ3n) is 4.63. The van der Waals surface area contributed by atoms with E-state index in [-0.39, 0.29) is 0 Å². The number of nitrogens with zero attached hydrogens (tertiary/aromatic N) is 3. The molecule has 0 saturated heterocycles. The number of hydrogen-bond acceptors (Lipinski definition) is 6. The molecule has 0 aliphatic rings. The summed E-state index contributed by atoms with van der Waals surface area (Å²) in [6, 6.07) is 18.8. The molecular weight excluding hydrogens is 408 g/mol. The number of thiophene rings is 1. The van der Waals surface area contributed by atoms with Crippen molar-refractivity contribution in [3.63, 3.8) is 0 Å². The highest BCUT2D eigenvalue weighted by Crippen LogP contribution is 2.28. The van der Waals surface area contributed by atoms with Gasteiger partial charge in [0.25, 0.3) is 0 Å². The van der Waals surface area contributed by atoms with E-state index in [4.69, 9.17) is 4.98 Å². The minimum atomic E-state index is 0.774. The minimum Gasteiger partial charge on any atom is -0.340 e. The van der Waals surface area contributed by atoms with Crippen molar-refractivity contribution in [2.75, 3.05) is 5.32 Å². The fourth-order valence-electron chi connectivity index (χ4n) is 3.16. The predicted molar refractivity (Wildman–Crippen MR) is 127 cm³/mol. The summed E-state index contributed by atoms with van der Waals surface area (Å²) in [6.45, 7) is 0. The van der Waals surface area contributed by atoms with Gasteiger partial charge >= 0.3 is 0 Å². The van der Waals surface area contributed by atoms with Gasteiger partial charge in [0.2, 0.25) is 0 Å². The lowest BCUT2D eigenvalue weighted by molar-refractivity contribution is 1.15. The van der Waals surface area contributed by atoms with Crippen LogP contribution in [0, 0.1) is 0 Å². The number of aromatic nitrogens is 3. The van der Waals surface area contributed by atoms with E-state index in [0.29, 0.717) is 0 Å². The van der Waals surface area contributed by atoms with Crippen molar-refractivity contribution in [1.82, 2.24) is 15.0 Å². The van der Waals surface area contributed by atoms with Crippen LogP contribution in [-0.2, 0) is 6.42 Å². The normalized spacial score (nSPS) is 11.3. The molecule has 30 heavy (non-hydrogen) atoms. The van der Waals surface area contributed by atoms with E-state index in [1.54, 1.807) is 29.0 Å². The molecule has 3 heterocycles. The molecule has 2 aromatic carbocycles. The number of rotatable bonds is 6. The van der Waals surface area contributed by atoms with Gasteiger partial charge < -0.3 is 5.32 Å². The Bertz CT molecular complexity index is 1290. The number of anilines is 2. The standard InChI is InChI=1S/C24H18N4S2/c1-2-4-17(5-3-1)12-23-28-21-13-20(8-9-22(21)30-23)27-24-19(14-25-16-26-24)7-6-18-10-11-29-15-18/h1-11,13-16H,12H2,(H,25,26,27). The van der Waals surface area contributed by atoms with Crippen molar-refractivity contribution < 1.29 is 0 Å². The van der Waals surface area contributed by atoms with Crippen molar-refractivity contribution in [2.24, 2.45) is 0 Å². The van der Waals surface area contributed by atoms with Crippen LogP contribution in [0.1, 0.15) is 21.7 Å². The first-order chi connectivity index (χ1) is 14.8. The van der Waals surface area contributed by atoms with Crippen LogP contribution in [0.4, 0.5) is 11.5 Å². The number of thiazole rings is 1. The molecule has 4 nitrogen and oxygen atoms in total. The van der Waals surface area contributed by atoms with Crippen molar-refractivity contribution in [2.45, 2.75) is 6.42 Å². The molecule has 0 aliphatic carbocycles. The fraction of sp³-hybridized carbons (Fsp3) is 0.0417. The highest BCUT2D eigenvalue weighted by molar-refractivity contribution is 7.18. The summed E-state index contributed by atoms with van der Waals surface area (Å²) in [4.78, 5) is 13.4. The lowest BCUT2D eigenvalue weighted by Gasteiger charge is -2.08. The predicted octanol–water partition coefficient (Wildman–Crippen LogP) is 6.65. The second kappa shape index (κ2) is 8.57. The fourth-order valence-corrected chi connectivity index (χ4v) is 4.77.